The third-order valence-electron chi connectivity index (χ3n) is 3.87. The molecule has 0 fully saturated rings. The van der Waals surface area contributed by atoms with Gasteiger partial charge in [0.25, 0.3) is 20.2 Å². The first-order valence-electron chi connectivity index (χ1n) is 10.9. The molecule has 0 bridgehead atoms. The van der Waals surface area contributed by atoms with Gasteiger partial charge in [-0.2, -0.15) is 16.8 Å². The van der Waals surface area contributed by atoms with Gasteiger partial charge in [-0.15, -0.1) is 0 Å². The number of aliphatic imine (C=N–C) groups is 2. The summed E-state index contributed by atoms with van der Waals surface area (Å²) in [6.45, 7) is 8.26. The summed E-state index contributed by atoms with van der Waals surface area (Å²) in [5, 5.41) is 0.324. The molecule has 39 heavy (non-hydrogen) atoms. The third-order valence-corrected chi connectivity index (χ3v) is 9.60. The van der Waals surface area contributed by atoms with Crippen LogP contribution >= 0.6 is 23.9 Å². The van der Waals surface area contributed by atoms with Crippen LogP contribution in [0.2, 0.25) is 0 Å². The zero-order valence-electron chi connectivity index (χ0n) is 21.9. The zero-order valence-corrected chi connectivity index (χ0v) is 26.0. The van der Waals surface area contributed by atoms with E-state index in [-0.39, 0.29) is 20.1 Å². The molecule has 2 rings (SSSR count). The fraction of sp³-hybridized carbons (Fsp3) is 0.333. The summed E-state index contributed by atoms with van der Waals surface area (Å²) in [5.74, 6) is 0. The Morgan fingerprint density at radius 3 is 1.21 bits per heavy atom. The van der Waals surface area contributed by atoms with Gasteiger partial charge in [0.1, 0.15) is 0 Å². The molecule has 0 radical (unpaired) electrons. The molecule has 220 valence electrons. The minimum atomic E-state index is -4.02. The average Bonchev–Trinajstić information content (AvgIpc) is 2.78. The molecular weight excluding hydrogens is 611 g/mol. The number of hydrogen-bond donors (Lipinski definition) is 4. The van der Waals surface area contributed by atoms with Crippen LogP contribution < -0.4 is 11.5 Å². The summed E-state index contributed by atoms with van der Waals surface area (Å²) in [6, 6.07) is 12.0. The molecule has 0 heterocycles. The normalized spacial score (nSPS) is 12.7. The van der Waals surface area contributed by atoms with Crippen molar-refractivity contribution < 1.29 is 34.4 Å². The lowest BCUT2D eigenvalue weighted by Crippen LogP contribution is -2.25. The molecule has 0 aliphatic rings. The molecule has 0 amide bonds. The lowest BCUT2D eigenvalue weighted by molar-refractivity contribution is 0.481. The number of rotatable bonds is 7. The molecule has 18 heteroatoms. The molecular formula is C21H33N5O8S5. The quantitative estimate of drug-likeness (QED) is 0.148. The maximum Gasteiger partial charge on any atom is 0.294 e. The van der Waals surface area contributed by atoms with Crippen molar-refractivity contribution in [3.63, 3.8) is 0 Å². The van der Waals surface area contributed by atoms with Gasteiger partial charge >= 0.3 is 0 Å². The Labute approximate surface area is 239 Å². The van der Waals surface area contributed by atoms with Crippen molar-refractivity contribution in [2.24, 2.45) is 21.5 Å². The van der Waals surface area contributed by atoms with Crippen molar-refractivity contribution >= 4 is 64.5 Å². The Balaban J connectivity index is 0.000000575. The SMILES string of the molecule is CCN=C(N)SN(SC(N)=NCC)S(C)(=O)=O.Cc1ccc(S(=O)(=O)O)cc1.Cc1ccc(S(=O)(=O)O)cc1. The van der Waals surface area contributed by atoms with Crippen molar-refractivity contribution in [3.05, 3.63) is 59.7 Å². The number of sulfonamides is 1. The number of nitrogens with zero attached hydrogens (tertiary/aromatic N) is 3. The highest BCUT2D eigenvalue weighted by Gasteiger charge is 2.22. The van der Waals surface area contributed by atoms with E-state index in [1.165, 1.54) is 24.3 Å². The van der Waals surface area contributed by atoms with E-state index < -0.39 is 30.3 Å². The van der Waals surface area contributed by atoms with Crippen LogP contribution in [-0.2, 0) is 30.3 Å². The van der Waals surface area contributed by atoms with Crippen LogP contribution in [0.15, 0.2) is 68.3 Å². The fourth-order valence-corrected chi connectivity index (χ4v) is 5.88. The Hall–Kier alpha value is -2.19. The third kappa shape index (κ3) is 16.5. The van der Waals surface area contributed by atoms with Crippen molar-refractivity contribution in [2.75, 3.05) is 19.3 Å². The molecule has 0 aliphatic heterocycles. The summed E-state index contributed by atoms with van der Waals surface area (Å²) in [5.41, 5.74) is 13.0. The van der Waals surface area contributed by atoms with E-state index in [2.05, 4.69) is 9.98 Å². The number of benzene rings is 2. The second-order valence-corrected chi connectivity index (χ2v) is 14.6. The lowest BCUT2D eigenvalue weighted by Gasteiger charge is -2.15. The van der Waals surface area contributed by atoms with Crippen LogP contribution in [-0.4, -0.2) is 67.2 Å². The summed E-state index contributed by atoms with van der Waals surface area (Å²) < 4.78 is 83.0. The Morgan fingerprint density at radius 2 is 1.00 bits per heavy atom. The molecule has 0 spiro atoms. The number of amidine groups is 2. The lowest BCUT2D eigenvalue weighted by atomic mass is 10.2. The van der Waals surface area contributed by atoms with Crippen molar-refractivity contribution in [1.29, 1.82) is 0 Å². The molecule has 2 aromatic carbocycles. The van der Waals surface area contributed by atoms with Crippen LogP contribution in [0.3, 0.4) is 0 Å². The standard InChI is InChI=1S/C7H17N5O2S3.2C7H8O3S/c1-4-10-6(8)15-12(17(3,13)14)16-7(9)11-5-2;2*1-6-2-4-7(5-3-6)11(8,9)10/h4-5H2,1-3H3,(H2,8,10)(H2,9,11);2*2-5H,1H3,(H,8,9,10). The maximum absolute atomic E-state index is 11.5. The Morgan fingerprint density at radius 1 is 0.718 bits per heavy atom. The van der Waals surface area contributed by atoms with Gasteiger partial charge < -0.3 is 11.5 Å². The van der Waals surface area contributed by atoms with E-state index in [4.69, 9.17) is 20.6 Å². The molecule has 0 aromatic heterocycles. The van der Waals surface area contributed by atoms with E-state index >= 15 is 0 Å². The minimum Gasteiger partial charge on any atom is -0.377 e. The molecule has 2 aromatic rings. The summed E-state index contributed by atoms with van der Waals surface area (Å²) in [4.78, 5) is 7.64. The first-order valence-corrected chi connectivity index (χ1v) is 17.1. The zero-order chi connectivity index (χ0) is 30.4. The van der Waals surface area contributed by atoms with Gasteiger partial charge in [-0.1, -0.05) is 38.5 Å². The Kier molecular flexibility index (Phi) is 15.9. The molecule has 0 saturated heterocycles. The summed E-state index contributed by atoms with van der Waals surface area (Å²) >= 11 is 1.61. The number of nitrogens with two attached hydrogens (primary N) is 2. The van der Waals surface area contributed by atoms with E-state index in [1.807, 2.05) is 13.8 Å². The molecule has 0 atom stereocenters. The van der Waals surface area contributed by atoms with Gasteiger partial charge in [0.05, 0.1) is 16.0 Å². The number of aryl methyl sites for hydroxylation is 2. The van der Waals surface area contributed by atoms with Crippen molar-refractivity contribution in [3.8, 4) is 0 Å². The Bertz CT molecular complexity index is 1330. The molecule has 6 N–H and O–H groups in total. The highest BCUT2D eigenvalue weighted by atomic mass is 32.3. The maximum atomic E-state index is 11.5. The smallest absolute Gasteiger partial charge is 0.294 e. The van der Waals surface area contributed by atoms with Gasteiger partial charge in [-0.3, -0.25) is 19.1 Å². The highest BCUT2D eigenvalue weighted by Crippen LogP contribution is 2.25. The van der Waals surface area contributed by atoms with Crippen LogP contribution in [0.25, 0.3) is 0 Å². The molecule has 0 aliphatic carbocycles. The first kappa shape index (κ1) is 36.8. The van der Waals surface area contributed by atoms with E-state index in [9.17, 15) is 25.3 Å². The summed E-state index contributed by atoms with van der Waals surface area (Å²) in [6.07, 6.45) is 1.06. The van der Waals surface area contributed by atoms with Gasteiger partial charge in [0, 0.05) is 37.0 Å². The van der Waals surface area contributed by atoms with Crippen LogP contribution in [0.1, 0.15) is 25.0 Å². The predicted molar refractivity (Wildman–Crippen MR) is 158 cm³/mol. The van der Waals surface area contributed by atoms with E-state index in [0.717, 1.165) is 44.4 Å². The summed E-state index contributed by atoms with van der Waals surface area (Å²) in [7, 11) is -11.5. The topological polar surface area (TPSA) is 223 Å². The largest absolute Gasteiger partial charge is 0.377 e. The van der Waals surface area contributed by atoms with Crippen molar-refractivity contribution in [1.82, 2.24) is 3.12 Å². The highest BCUT2D eigenvalue weighted by molar-refractivity contribution is 8.33. The van der Waals surface area contributed by atoms with Crippen LogP contribution in [0.5, 0.6) is 0 Å². The average molecular weight is 644 g/mol. The van der Waals surface area contributed by atoms with Gasteiger partial charge in [0.15, 0.2) is 10.3 Å². The molecule has 13 nitrogen and oxygen atoms in total. The van der Waals surface area contributed by atoms with E-state index in [1.54, 1.807) is 38.1 Å². The predicted octanol–water partition coefficient (Wildman–Crippen LogP) is 2.70. The minimum absolute atomic E-state index is 0.0666. The van der Waals surface area contributed by atoms with Crippen LogP contribution in [0.4, 0.5) is 0 Å². The van der Waals surface area contributed by atoms with Crippen molar-refractivity contribution in [2.45, 2.75) is 37.5 Å². The van der Waals surface area contributed by atoms with Gasteiger partial charge in [-0.25, -0.2) is 8.42 Å². The first-order chi connectivity index (χ1) is 17.8. The van der Waals surface area contributed by atoms with Crippen LogP contribution in [0, 0.1) is 13.8 Å². The van der Waals surface area contributed by atoms with Gasteiger partial charge in [0.2, 0.25) is 10.0 Å². The molecule has 0 unspecified atom stereocenters. The molecule has 0 saturated carbocycles. The van der Waals surface area contributed by atoms with E-state index in [0.29, 0.717) is 13.1 Å². The second-order valence-electron chi connectivity index (χ2n) is 7.34. The second kappa shape index (κ2) is 16.8. The number of hydrogen-bond acceptors (Lipinski definition) is 10. The monoisotopic (exact) mass is 643 g/mol. The fourth-order valence-electron chi connectivity index (χ4n) is 2.10. The van der Waals surface area contributed by atoms with Gasteiger partial charge in [-0.05, 0) is 52.0 Å².